The summed E-state index contributed by atoms with van der Waals surface area (Å²) in [6.07, 6.45) is 0. The summed E-state index contributed by atoms with van der Waals surface area (Å²) >= 11 is 5.91. The average molecular weight is 489 g/mol. The SMILES string of the molecule is COc1ccccc1OCCNC(=O)CN(c1ccccc1C)S(=O)(=O)c1ccc(Cl)cc1. The molecule has 1 amide bonds. The van der Waals surface area contributed by atoms with Gasteiger partial charge in [0.25, 0.3) is 10.0 Å². The number of halogens is 1. The first-order chi connectivity index (χ1) is 15.8. The van der Waals surface area contributed by atoms with Gasteiger partial charge >= 0.3 is 0 Å². The number of para-hydroxylation sites is 3. The average Bonchev–Trinajstić information content (AvgIpc) is 2.81. The Labute approximate surface area is 198 Å². The van der Waals surface area contributed by atoms with Crippen LogP contribution in [0.2, 0.25) is 5.02 Å². The molecule has 0 atom stereocenters. The van der Waals surface area contributed by atoms with Crippen molar-refractivity contribution in [2.45, 2.75) is 11.8 Å². The summed E-state index contributed by atoms with van der Waals surface area (Å²) in [4.78, 5) is 12.7. The maximum absolute atomic E-state index is 13.4. The molecule has 0 bridgehead atoms. The molecule has 9 heteroatoms. The van der Waals surface area contributed by atoms with Crippen LogP contribution in [-0.2, 0) is 14.8 Å². The van der Waals surface area contributed by atoms with E-state index < -0.39 is 15.9 Å². The molecule has 3 rings (SSSR count). The number of methoxy groups -OCH3 is 1. The molecule has 0 heterocycles. The fourth-order valence-corrected chi connectivity index (χ4v) is 4.76. The Morgan fingerprint density at radius 3 is 2.27 bits per heavy atom. The Balaban J connectivity index is 1.72. The van der Waals surface area contributed by atoms with Crippen molar-refractivity contribution in [1.29, 1.82) is 0 Å². The van der Waals surface area contributed by atoms with Gasteiger partial charge in [0.1, 0.15) is 13.2 Å². The Morgan fingerprint density at radius 1 is 0.970 bits per heavy atom. The molecule has 0 saturated heterocycles. The second-order valence-corrected chi connectivity index (χ2v) is 9.40. The number of sulfonamides is 1. The van der Waals surface area contributed by atoms with E-state index in [9.17, 15) is 13.2 Å². The van der Waals surface area contributed by atoms with E-state index in [4.69, 9.17) is 21.1 Å². The van der Waals surface area contributed by atoms with Crippen LogP contribution in [0, 0.1) is 6.92 Å². The highest BCUT2D eigenvalue weighted by atomic mass is 35.5. The van der Waals surface area contributed by atoms with Crippen molar-refractivity contribution in [1.82, 2.24) is 5.32 Å². The number of carbonyl (C=O) groups excluding carboxylic acids is 1. The monoisotopic (exact) mass is 488 g/mol. The van der Waals surface area contributed by atoms with Gasteiger partial charge in [-0.15, -0.1) is 0 Å². The van der Waals surface area contributed by atoms with Crippen molar-refractivity contribution in [3.8, 4) is 11.5 Å². The lowest BCUT2D eigenvalue weighted by molar-refractivity contribution is -0.119. The molecular formula is C24H25ClN2O5S. The summed E-state index contributed by atoms with van der Waals surface area (Å²) in [6.45, 7) is 1.79. The smallest absolute Gasteiger partial charge is 0.264 e. The lowest BCUT2D eigenvalue weighted by atomic mass is 10.2. The minimum Gasteiger partial charge on any atom is -0.493 e. The fraction of sp³-hybridized carbons (Fsp3) is 0.208. The number of anilines is 1. The molecule has 33 heavy (non-hydrogen) atoms. The van der Waals surface area contributed by atoms with Crippen LogP contribution in [0.4, 0.5) is 5.69 Å². The zero-order valence-electron chi connectivity index (χ0n) is 18.3. The summed E-state index contributed by atoms with van der Waals surface area (Å²) in [5, 5.41) is 3.13. The summed E-state index contributed by atoms with van der Waals surface area (Å²) in [5.74, 6) is 0.684. The maximum atomic E-state index is 13.4. The van der Waals surface area contributed by atoms with E-state index >= 15 is 0 Å². The quantitative estimate of drug-likeness (QED) is 0.435. The van der Waals surface area contributed by atoms with Gasteiger partial charge in [0.05, 0.1) is 24.2 Å². The van der Waals surface area contributed by atoms with E-state index in [-0.39, 0.29) is 24.6 Å². The van der Waals surface area contributed by atoms with Gasteiger partial charge in [-0.3, -0.25) is 9.10 Å². The molecular weight excluding hydrogens is 464 g/mol. The van der Waals surface area contributed by atoms with Crippen molar-refractivity contribution in [2.75, 3.05) is 31.1 Å². The van der Waals surface area contributed by atoms with Crippen LogP contribution in [0.25, 0.3) is 0 Å². The summed E-state index contributed by atoms with van der Waals surface area (Å²) in [5.41, 5.74) is 1.15. The number of nitrogens with one attached hydrogen (secondary N) is 1. The van der Waals surface area contributed by atoms with Gasteiger partial charge < -0.3 is 14.8 Å². The molecule has 3 aromatic rings. The molecule has 3 aromatic carbocycles. The van der Waals surface area contributed by atoms with E-state index in [0.29, 0.717) is 22.2 Å². The summed E-state index contributed by atoms with van der Waals surface area (Å²) in [6, 6.07) is 20.0. The van der Waals surface area contributed by atoms with Crippen LogP contribution in [0.1, 0.15) is 5.56 Å². The van der Waals surface area contributed by atoms with E-state index in [0.717, 1.165) is 9.87 Å². The van der Waals surface area contributed by atoms with Gasteiger partial charge in [-0.25, -0.2) is 8.42 Å². The Morgan fingerprint density at radius 2 is 1.61 bits per heavy atom. The highest BCUT2D eigenvalue weighted by molar-refractivity contribution is 7.92. The lowest BCUT2D eigenvalue weighted by Gasteiger charge is -2.25. The maximum Gasteiger partial charge on any atom is 0.264 e. The van der Waals surface area contributed by atoms with E-state index in [1.807, 2.05) is 12.1 Å². The highest BCUT2D eigenvalue weighted by Crippen LogP contribution is 2.27. The molecule has 0 aliphatic rings. The third-order valence-corrected chi connectivity index (χ3v) is 6.85. The standard InChI is InChI=1S/C24H25ClN2O5S/c1-18-7-3-4-8-21(18)27(33(29,30)20-13-11-19(25)12-14-20)17-24(28)26-15-16-32-23-10-6-5-9-22(23)31-2/h3-14H,15-17H2,1-2H3,(H,26,28). The number of aryl methyl sites for hydroxylation is 1. The molecule has 0 aliphatic carbocycles. The number of hydrogen-bond donors (Lipinski definition) is 1. The lowest BCUT2D eigenvalue weighted by Crippen LogP contribution is -2.42. The van der Waals surface area contributed by atoms with Gasteiger partial charge in [0.15, 0.2) is 11.5 Å². The van der Waals surface area contributed by atoms with Crippen LogP contribution in [0.15, 0.2) is 77.7 Å². The van der Waals surface area contributed by atoms with E-state index in [1.54, 1.807) is 50.4 Å². The van der Waals surface area contributed by atoms with Gasteiger partial charge in [-0.1, -0.05) is 41.9 Å². The van der Waals surface area contributed by atoms with Crippen LogP contribution < -0.4 is 19.1 Å². The summed E-state index contributed by atoms with van der Waals surface area (Å²) < 4.78 is 38.7. The first-order valence-corrected chi connectivity index (χ1v) is 12.0. The minimum atomic E-state index is -4.00. The third-order valence-electron chi connectivity index (χ3n) is 4.82. The highest BCUT2D eigenvalue weighted by Gasteiger charge is 2.28. The Bertz CT molecular complexity index is 1200. The first-order valence-electron chi connectivity index (χ1n) is 10.2. The molecule has 0 fully saturated rings. The predicted molar refractivity (Wildman–Crippen MR) is 129 cm³/mol. The number of hydrogen-bond acceptors (Lipinski definition) is 5. The molecule has 1 N–H and O–H groups in total. The van der Waals surface area contributed by atoms with Crippen LogP contribution in [0.3, 0.4) is 0 Å². The number of benzene rings is 3. The molecule has 0 spiro atoms. The van der Waals surface area contributed by atoms with Crippen molar-refractivity contribution in [2.24, 2.45) is 0 Å². The third kappa shape index (κ3) is 6.18. The van der Waals surface area contributed by atoms with Crippen LogP contribution >= 0.6 is 11.6 Å². The van der Waals surface area contributed by atoms with Crippen LogP contribution in [-0.4, -0.2) is 41.1 Å². The molecule has 0 unspecified atom stereocenters. The van der Waals surface area contributed by atoms with Crippen molar-refractivity contribution in [3.05, 3.63) is 83.4 Å². The van der Waals surface area contributed by atoms with Gasteiger partial charge in [-0.05, 0) is 55.0 Å². The summed E-state index contributed by atoms with van der Waals surface area (Å²) in [7, 11) is -2.46. The Hall–Kier alpha value is -3.23. The van der Waals surface area contributed by atoms with Crippen LogP contribution in [0.5, 0.6) is 11.5 Å². The Kier molecular flexibility index (Phi) is 8.19. The van der Waals surface area contributed by atoms with E-state index in [2.05, 4.69) is 5.32 Å². The first kappa shape index (κ1) is 24.4. The van der Waals surface area contributed by atoms with Gasteiger partial charge in [-0.2, -0.15) is 0 Å². The number of rotatable bonds is 10. The second-order valence-electron chi connectivity index (χ2n) is 7.10. The number of amides is 1. The minimum absolute atomic E-state index is 0.0439. The molecule has 174 valence electrons. The number of ether oxygens (including phenoxy) is 2. The number of nitrogens with zero attached hydrogens (tertiary/aromatic N) is 1. The zero-order valence-corrected chi connectivity index (χ0v) is 19.9. The van der Waals surface area contributed by atoms with Crippen molar-refractivity contribution < 1.29 is 22.7 Å². The second kappa shape index (κ2) is 11.1. The molecule has 0 aliphatic heterocycles. The van der Waals surface area contributed by atoms with Gasteiger partial charge in [0, 0.05) is 5.02 Å². The predicted octanol–water partition coefficient (Wildman–Crippen LogP) is 4.05. The zero-order chi connectivity index (χ0) is 23.8. The molecule has 0 aromatic heterocycles. The fourth-order valence-electron chi connectivity index (χ4n) is 3.15. The van der Waals surface area contributed by atoms with E-state index in [1.165, 1.54) is 24.3 Å². The largest absolute Gasteiger partial charge is 0.493 e. The normalized spacial score (nSPS) is 11.0. The number of carbonyl (C=O) groups is 1. The van der Waals surface area contributed by atoms with Crippen molar-refractivity contribution in [3.63, 3.8) is 0 Å². The van der Waals surface area contributed by atoms with Gasteiger partial charge in [0.2, 0.25) is 5.91 Å². The molecule has 0 saturated carbocycles. The van der Waals surface area contributed by atoms with Crippen molar-refractivity contribution >= 4 is 33.2 Å². The molecule has 0 radical (unpaired) electrons. The molecule has 7 nitrogen and oxygen atoms in total. The topological polar surface area (TPSA) is 84.9 Å².